The molecule has 32 heavy (non-hydrogen) atoms. The van der Waals surface area contributed by atoms with Crippen LogP contribution in [0.1, 0.15) is 11.1 Å². The molecule has 0 unspecified atom stereocenters. The number of nitro benzene ring substituents is 1. The highest BCUT2D eigenvalue weighted by molar-refractivity contribution is 5.87. The molecule has 4 aromatic carbocycles. The summed E-state index contributed by atoms with van der Waals surface area (Å²) in [6.45, 7) is 2.63. The summed E-state index contributed by atoms with van der Waals surface area (Å²) in [6.07, 6.45) is 0. The Morgan fingerprint density at radius 2 is 1.56 bits per heavy atom. The van der Waals surface area contributed by atoms with Gasteiger partial charge in [0.15, 0.2) is 0 Å². The minimum atomic E-state index is -0.396. The van der Waals surface area contributed by atoms with Crippen molar-refractivity contribution >= 4 is 22.1 Å². The molecule has 0 saturated carbocycles. The number of fused-ring (bicyclic) bond motifs is 1. The van der Waals surface area contributed by atoms with Crippen LogP contribution in [0.4, 0.5) is 11.4 Å². The number of rotatable bonds is 10. The molecule has 0 amide bonds. The maximum absolute atomic E-state index is 10.8. The third kappa shape index (κ3) is 5.42. The molecule has 0 aromatic heterocycles. The third-order valence-electron chi connectivity index (χ3n) is 5.25. The maximum atomic E-state index is 10.8. The van der Waals surface area contributed by atoms with Crippen LogP contribution in [0.5, 0.6) is 5.75 Å². The maximum Gasteiger partial charge on any atom is 0.269 e. The Balaban J connectivity index is 1.38. The molecule has 0 atom stereocenters. The fraction of sp³-hybridized carbons (Fsp3) is 0.154. The lowest BCUT2D eigenvalue weighted by molar-refractivity contribution is -0.384. The largest absolute Gasteiger partial charge is 0.489 e. The van der Waals surface area contributed by atoms with E-state index in [0.29, 0.717) is 19.7 Å². The summed E-state index contributed by atoms with van der Waals surface area (Å²) >= 11 is 0. The van der Waals surface area contributed by atoms with Gasteiger partial charge in [0.05, 0.1) is 4.92 Å². The average Bonchev–Trinajstić information content (AvgIpc) is 2.84. The van der Waals surface area contributed by atoms with E-state index in [9.17, 15) is 10.1 Å². The van der Waals surface area contributed by atoms with Gasteiger partial charge in [0.25, 0.3) is 5.69 Å². The molecule has 0 fully saturated rings. The number of hydrogen-bond donors (Lipinski definition) is 2. The lowest BCUT2D eigenvalue weighted by Crippen LogP contribution is -2.22. The minimum absolute atomic E-state index is 0.0904. The van der Waals surface area contributed by atoms with Crippen molar-refractivity contribution in [1.29, 1.82) is 0 Å². The fourth-order valence-electron chi connectivity index (χ4n) is 3.58. The van der Waals surface area contributed by atoms with Crippen LogP contribution < -0.4 is 15.4 Å². The lowest BCUT2D eigenvalue weighted by atomic mass is 10.0. The van der Waals surface area contributed by atoms with Crippen molar-refractivity contribution in [3.8, 4) is 5.75 Å². The second-order valence-electron chi connectivity index (χ2n) is 7.45. The third-order valence-corrected chi connectivity index (χ3v) is 5.25. The van der Waals surface area contributed by atoms with E-state index in [1.54, 1.807) is 12.1 Å². The van der Waals surface area contributed by atoms with Crippen molar-refractivity contribution in [3.05, 3.63) is 112 Å². The summed E-state index contributed by atoms with van der Waals surface area (Å²) < 4.78 is 6.18. The van der Waals surface area contributed by atoms with Gasteiger partial charge in [-0.3, -0.25) is 10.1 Å². The summed E-state index contributed by atoms with van der Waals surface area (Å²) in [5.74, 6) is 0.878. The van der Waals surface area contributed by atoms with E-state index in [1.807, 2.05) is 36.4 Å². The molecule has 0 radical (unpaired) electrons. The molecule has 0 aliphatic carbocycles. The van der Waals surface area contributed by atoms with E-state index >= 15 is 0 Å². The van der Waals surface area contributed by atoms with Gasteiger partial charge in [0.1, 0.15) is 12.4 Å². The summed E-state index contributed by atoms with van der Waals surface area (Å²) in [6, 6.07) is 29.0. The van der Waals surface area contributed by atoms with Crippen molar-refractivity contribution in [2.45, 2.75) is 13.2 Å². The molecular formula is C26H25N3O3. The van der Waals surface area contributed by atoms with Crippen molar-refractivity contribution in [1.82, 2.24) is 5.32 Å². The van der Waals surface area contributed by atoms with Gasteiger partial charge in [-0.25, -0.2) is 0 Å². The van der Waals surface area contributed by atoms with E-state index in [2.05, 4.69) is 41.0 Å². The van der Waals surface area contributed by atoms with E-state index in [0.717, 1.165) is 29.1 Å². The Hall–Kier alpha value is -3.90. The van der Waals surface area contributed by atoms with Gasteiger partial charge < -0.3 is 15.4 Å². The highest BCUT2D eigenvalue weighted by Gasteiger charge is 2.09. The van der Waals surface area contributed by atoms with Gasteiger partial charge in [-0.15, -0.1) is 0 Å². The second kappa shape index (κ2) is 10.4. The lowest BCUT2D eigenvalue weighted by Gasteiger charge is -2.15. The molecule has 4 rings (SSSR count). The van der Waals surface area contributed by atoms with Crippen molar-refractivity contribution < 1.29 is 9.66 Å². The zero-order valence-corrected chi connectivity index (χ0v) is 17.7. The molecule has 6 nitrogen and oxygen atoms in total. The van der Waals surface area contributed by atoms with Crippen LogP contribution in [0, 0.1) is 10.1 Å². The second-order valence-corrected chi connectivity index (χ2v) is 7.45. The van der Waals surface area contributed by atoms with Crippen molar-refractivity contribution in [2.75, 3.05) is 18.4 Å². The molecule has 0 aliphatic heterocycles. The Morgan fingerprint density at radius 1 is 0.812 bits per heavy atom. The first-order chi connectivity index (χ1) is 15.7. The summed E-state index contributed by atoms with van der Waals surface area (Å²) in [5.41, 5.74) is 3.21. The van der Waals surface area contributed by atoms with Gasteiger partial charge in [-0.05, 0) is 34.5 Å². The number of hydrogen-bond acceptors (Lipinski definition) is 5. The fourth-order valence-corrected chi connectivity index (χ4v) is 3.58. The van der Waals surface area contributed by atoms with Gasteiger partial charge in [-0.1, -0.05) is 60.7 Å². The molecule has 4 aromatic rings. The number of benzene rings is 4. The molecule has 0 aliphatic rings. The van der Waals surface area contributed by atoms with E-state index in [-0.39, 0.29) is 5.69 Å². The molecule has 0 heterocycles. The number of nitrogens with zero attached hydrogens (tertiary/aromatic N) is 1. The first kappa shape index (κ1) is 21.3. The zero-order valence-electron chi connectivity index (χ0n) is 17.7. The Morgan fingerprint density at radius 3 is 2.34 bits per heavy atom. The summed E-state index contributed by atoms with van der Waals surface area (Å²) in [7, 11) is 0. The predicted octanol–water partition coefficient (Wildman–Crippen LogP) is 5.53. The van der Waals surface area contributed by atoms with Crippen LogP contribution in [0.3, 0.4) is 0 Å². The molecule has 0 saturated heterocycles. The van der Waals surface area contributed by atoms with Crippen LogP contribution in [0.25, 0.3) is 10.8 Å². The number of nitrogens with one attached hydrogen (secondary N) is 2. The quantitative estimate of drug-likeness (QED) is 0.198. The van der Waals surface area contributed by atoms with Crippen molar-refractivity contribution in [3.63, 3.8) is 0 Å². The molecular weight excluding hydrogens is 402 g/mol. The molecule has 0 bridgehead atoms. The molecule has 162 valence electrons. The van der Waals surface area contributed by atoms with E-state index < -0.39 is 4.92 Å². The van der Waals surface area contributed by atoms with Crippen molar-refractivity contribution in [2.24, 2.45) is 0 Å². The van der Waals surface area contributed by atoms with Crippen LogP contribution in [-0.2, 0) is 13.2 Å². The summed E-state index contributed by atoms with van der Waals surface area (Å²) in [4.78, 5) is 10.4. The highest BCUT2D eigenvalue weighted by atomic mass is 16.6. The van der Waals surface area contributed by atoms with E-state index in [4.69, 9.17) is 4.74 Å². The Kier molecular flexibility index (Phi) is 6.94. The monoisotopic (exact) mass is 427 g/mol. The van der Waals surface area contributed by atoms with E-state index in [1.165, 1.54) is 22.9 Å². The summed E-state index contributed by atoms with van der Waals surface area (Å²) in [5, 5.41) is 19.9. The minimum Gasteiger partial charge on any atom is -0.489 e. The van der Waals surface area contributed by atoms with Gasteiger partial charge >= 0.3 is 0 Å². The normalized spacial score (nSPS) is 10.8. The Labute approximate surface area is 187 Å². The number of non-ortho nitro benzene ring substituents is 1. The average molecular weight is 428 g/mol. The standard InChI is InChI=1S/C26H25N3O3/c30-29(31)23-13-11-22(12-14-23)28-17-16-27-18-25-24-9-5-4-8-21(24)10-15-26(25)32-19-20-6-2-1-3-7-20/h1-15,27-28H,16-19H2. The van der Waals surface area contributed by atoms with Crippen LogP contribution in [0.2, 0.25) is 0 Å². The molecule has 2 N–H and O–H groups in total. The smallest absolute Gasteiger partial charge is 0.269 e. The SMILES string of the molecule is O=[N+]([O-])c1ccc(NCCNCc2c(OCc3ccccc3)ccc3ccccc23)cc1. The molecule has 6 heteroatoms. The molecule has 0 spiro atoms. The van der Waals surface area contributed by atoms with Gasteiger partial charge in [0, 0.05) is 43.0 Å². The first-order valence-corrected chi connectivity index (χ1v) is 10.6. The first-order valence-electron chi connectivity index (χ1n) is 10.6. The van der Waals surface area contributed by atoms with Crippen LogP contribution in [0.15, 0.2) is 91.0 Å². The van der Waals surface area contributed by atoms with Gasteiger partial charge in [-0.2, -0.15) is 0 Å². The van der Waals surface area contributed by atoms with Crippen LogP contribution in [-0.4, -0.2) is 18.0 Å². The topological polar surface area (TPSA) is 76.4 Å². The Bertz CT molecular complexity index is 1180. The van der Waals surface area contributed by atoms with Gasteiger partial charge in [0.2, 0.25) is 0 Å². The zero-order chi connectivity index (χ0) is 22.2. The van der Waals surface area contributed by atoms with Crippen LogP contribution >= 0.6 is 0 Å². The number of ether oxygens (including phenoxy) is 1. The predicted molar refractivity (Wildman–Crippen MR) is 128 cm³/mol. The number of nitro groups is 1. The number of anilines is 1. The highest BCUT2D eigenvalue weighted by Crippen LogP contribution is 2.28.